The molecule has 1 aliphatic carbocycles. The number of carbonyl (C=O) groups excluding carboxylic acids is 2. The number of carboxylic acid groups (broad SMARTS) is 1. The first kappa shape index (κ1) is 16.4. The fourth-order valence-electron chi connectivity index (χ4n) is 2.42. The molecule has 1 rings (SSSR count). The minimum Gasteiger partial charge on any atom is -0.480 e. The summed E-state index contributed by atoms with van der Waals surface area (Å²) in [6, 6.07) is -0.563. The molecule has 0 heterocycles. The summed E-state index contributed by atoms with van der Waals surface area (Å²) in [5.74, 6) is -0.665. The quantitative estimate of drug-likeness (QED) is 0.668. The number of nitrogens with one attached hydrogen (secondary N) is 2. The van der Waals surface area contributed by atoms with E-state index in [1.165, 1.54) is 12.8 Å². The first-order chi connectivity index (χ1) is 9.47. The lowest BCUT2D eigenvalue weighted by Gasteiger charge is -2.26. The normalized spacial score (nSPS) is 22.1. The van der Waals surface area contributed by atoms with Crippen LogP contribution >= 0.6 is 0 Å². The summed E-state index contributed by atoms with van der Waals surface area (Å²) in [6.07, 6.45) is 4.61. The third kappa shape index (κ3) is 7.08. The van der Waals surface area contributed by atoms with Gasteiger partial charge in [0, 0.05) is 6.54 Å². The Balaban J connectivity index is 2.13. The fraction of sp³-hybridized carbons (Fsp3) is 0.769. The summed E-state index contributed by atoms with van der Waals surface area (Å²) in [7, 11) is 0. The van der Waals surface area contributed by atoms with Crippen molar-refractivity contribution in [3.05, 3.63) is 0 Å². The molecule has 3 amide bonds. The van der Waals surface area contributed by atoms with E-state index in [1.54, 1.807) is 0 Å². The van der Waals surface area contributed by atoms with Crippen LogP contribution in [-0.4, -0.2) is 42.8 Å². The van der Waals surface area contributed by atoms with Crippen LogP contribution in [0.25, 0.3) is 0 Å². The van der Waals surface area contributed by atoms with Crippen molar-refractivity contribution in [2.24, 2.45) is 11.8 Å². The molecule has 7 nitrogen and oxygen atoms in total. The Hall–Kier alpha value is -1.63. The van der Waals surface area contributed by atoms with Crippen LogP contribution in [0.4, 0.5) is 4.79 Å². The van der Waals surface area contributed by atoms with Crippen LogP contribution in [0.15, 0.2) is 0 Å². The highest BCUT2D eigenvalue weighted by Crippen LogP contribution is 2.27. The lowest BCUT2D eigenvalue weighted by molar-refractivity contribution is -0.143. The van der Waals surface area contributed by atoms with Gasteiger partial charge in [-0.2, -0.15) is 0 Å². The largest absolute Gasteiger partial charge is 0.480 e. The number of aliphatic carboxylic acids is 1. The molecule has 1 aliphatic rings. The monoisotopic (exact) mass is 286 g/mol. The van der Waals surface area contributed by atoms with E-state index in [4.69, 9.17) is 5.11 Å². The number of rotatable bonds is 6. The maximum absolute atomic E-state index is 11.5. The molecule has 0 radical (unpaired) electrons. The van der Waals surface area contributed by atoms with E-state index in [2.05, 4.69) is 22.3 Å². The van der Waals surface area contributed by atoms with Gasteiger partial charge in [0.2, 0.25) is 0 Å². The van der Waals surface area contributed by atoms with Crippen molar-refractivity contribution in [2.45, 2.75) is 32.6 Å². The van der Waals surface area contributed by atoms with Crippen LogP contribution in [0, 0.1) is 11.8 Å². The van der Waals surface area contributed by atoms with Crippen molar-refractivity contribution in [2.75, 3.05) is 19.8 Å². The SMILES string of the molecule is CC1CCCC(CNC(=O)NC(=O)COCC(=O)O)C1. The van der Waals surface area contributed by atoms with E-state index in [1.807, 2.05) is 0 Å². The summed E-state index contributed by atoms with van der Waals surface area (Å²) < 4.78 is 4.57. The molecule has 1 fully saturated rings. The highest BCUT2D eigenvalue weighted by molar-refractivity contribution is 5.94. The molecule has 1 saturated carbocycles. The zero-order chi connectivity index (χ0) is 15.0. The van der Waals surface area contributed by atoms with Crippen molar-refractivity contribution >= 4 is 17.9 Å². The van der Waals surface area contributed by atoms with Crippen molar-refractivity contribution < 1.29 is 24.2 Å². The minimum atomic E-state index is -1.16. The van der Waals surface area contributed by atoms with Gasteiger partial charge >= 0.3 is 12.0 Å². The molecule has 0 aliphatic heterocycles. The van der Waals surface area contributed by atoms with Gasteiger partial charge in [-0.3, -0.25) is 10.1 Å². The molecule has 0 aromatic rings. The highest BCUT2D eigenvalue weighted by atomic mass is 16.5. The number of hydrogen-bond donors (Lipinski definition) is 3. The van der Waals surface area contributed by atoms with Crippen LogP contribution < -0.4 is 10.6 Å². The van der Waals surface area contributed by atoms with E-state index < -0.39 is 31.1 Å². The van der Waals surface area contributed by atoms with E-state index in [9.17, 15) is 14.4 Å². The molecule has 2 atom stereocenters. The number of ether oxygens (including phenoxy) is 1. The molecular weight excluding hydrogens is 264 g/mol. The van der Waals surface area contributed by atoms with Gasteiger partial charge in [-0.15, -0.1) is 0 Å². The second-order valence-electron chi connectivity index (χ2n) is 5.28. The molecule has 0 spiro atoms. The molecular formula is C13H22N2O5. The third-order valence-electron chi connectivity index (χ3n) is 3.31. The van der Waals surface area contributed by atoms with Gasteiger partial charge in [0.25, 0.3) is 5.91 Å². The second-order valence-corrected chi connectivity index (χ2v) is 5.28. The Bertz CT molecular complexity index is 359. The first-order valence-electron chi connectivity index (χ1n) is 6.84. The number of amides is 3. The molecule has 0 bridgehead atoms. The Labute approximate surface area is 118 Å². The average molecular weight is 286 g/mol. The van der Waals surface area contributed by atoms with Gasteiger partial charge in [-0.25, -0.2) is 9.59 Å². The van der Waals surface area contributed by atoms with Crippen molar-refractivity contribution in [1.29, 1.82) is 0 Å². The first-order valence-corrected chi connectivity index (χ1v) is 6.84. The smallest absolute Gasteiger partial charge is 0.329 e. The Morgan fingerprint density at radius 3 is 2.65 bits per heavy atom. The van der Waals surface area contributed by atoms with Gasteiger partial charge in [-0.1, -0.05) is 19.8 Å². The van der Waals surface area contributed by atoms with Crippen LogP contribution in [0.5, 0.6) is 0 Å². The minimum absolute atomic E-state index is 0.444. The summed E-state index contributed by atoms with van der Waals surface area (Å²) >= 11 is 0. The van der Waals surface area contributed by atoms with E-state index in [-0.39, 0.29) is 0 Å². The summed E-state index contributed by atoms with van der Waals surface area (Å²) in [6.45, 7) is 1.75. The predicted molar refractivity (Wildman–Crippen MR) is 71.1 cm³/mol. The number of imide groups is 1. The molecule has 0 aromatic carbocycles. The van der Waals surface area contributed by atoms with Crippen molar-refractivity contribution in [3.8, 4) is 0 Å². The van der Waals surface area contributed by atoms with Gasteiger partial charge < -0.3 is 15.2 Å². The average Bonchev–Trinajstić information content (AvgIpc) is 2.36. The molecule has 0 saturated heterocycles. The second kappa shape index (κ2) is 8.52. The summed E-state index contributed by atoms with van der Waals surface area (Å²) in [5, 5.41) is 13.1. The molecule has 7 heteroatoms. The van der Waals surface area contributed by atoms with Gasteiger partial charge in [-0.05, 0) is 24.7 Å². The van der Waals surface area contributed by atoms with Crippen LogP contribution in [0.2, 0.25) is 0 Å². The topological polar surface area (TPSA) is 105 Å². The Morgan fingerprint density at radius 2 is 2.00 bits per heavy atom. The van der Waals surface area contributed by atoms with Gasteiger partial charge in [0.1, 0.15) is 13.2 Å². The maximum Gasteiger partial charge on any atom is 0.329 e. The Kier molecular flexibility index (Phi) is 7.00. The summed E-state index contributed by atoms with van der Waals surface area (Å²) in [5.41, 5.74) is 0. The van der Waals surface area contributed by atoms with Crippen molar-refractivity contribution in [3.63, 3.8) is 0 Å². The zero-order valence-electron chi connectivity index (χ0n) is 11.7. The molecule has 114 valence electrons. The van der Waals surface area contributed by atoms with Gasteiger partial charge in [0.15, 0.2) is 0 Å². The van der Waals surface area contributed by atoms with E-state index >= 15 is 0 Å². The van der Waals surface area contributed by atoms with Crippen LogP contribution in [-0.2, 0) is 14.3 Å². The molecule has 2 unspecified atom stereocenters. The lowest BCUT2D eigenvalue weighted by Crippen LogP contribution is -2.43. The molecule has 0 aromatic heterocycles. The standard InChI is InChI=1S/C13H22N2O5/c1-9-3-2-4-10(5-9)6-14-13(19)15-11(16)7-20-8-12(17)18/h9-10H,2-8H2,1H3,(H,17,18)(H2,14,15,16,19). The van der Waals surface area contributed by atoms with Crippen LogP contribution in [0.3, 0.4) is 0 Å². The molecule has 20 heavy (non-hydrogen) atoms. The number of urea groups is 1. The lowest BCUT2D eigenvalue weighted by atomic mass is 9.82. The number of carboxylic acids is 1. The predicted octanol–water partition coefficient (Wildman–Crippen LogP) is 0.740. The summed E-state index contributed by atoms with van der Waals surface area (Å²) in [4.78, 5) is 32.9. The van der Waals surface area contributed by atoms with E-state index in [0.29, 0.717) is 18.4 Å². The fourth-order valence-corrected chi connectivity index (χ4v) is 2.42. The highest BCUT2D eigenvalue weighted by Gasteiger charge is 2.19. The van der Waals surface area contributed by atoms with Crippen molar-refractivity contribution in [1.82, 2.24) is 10.6 Å². The third-order valence-corrected chi connectivity index (χ3v) is 3.31. The van der Waals surface area contributed by atoms with Crippen LogP contribution in [0.1, 0.15) is 32.6 Å². The van der Waals surface area contributed by atoms with Gasteiger partial charge in [0.05, 0.1) is 0 Å². The Morgan fingerprint density at radius 1 is 1.25 bits per heavy atom. The van der Waals surface area contributed by atoms with E-state index in [0.717, 1.165) is 12.8 Å². The molecule has 3 N–H and O–H groups in total. The number of carbonyl (C=O) groups is 3. The maximum atomic E-state index is 11.5. The zero-order valence-corrected chi connectivity index (χ0v) is 11.7. The number of hydrogen-bond acceptors (Lipinski definition) is 4.